The van der Waals surface area contributed by atoms with Crippen LogP contribution < -0.4 is 4.74 Å². The fraction of sp³-hybridized carbons (Fsp3) is 0.143. The average Bonchev–Trinajstić information content (AvgIpc) is 2.32. The van der Waals surface area contributed by atoms with Gasteiger partial charge in [0.15, 0.2) is 0 Å². The summed E-state index contributed by atoms with van der Waals surface area (Å²) in [6.07, 6.45) is 0. The van der Waals surface area contributed by atoms with E-state index in [-0.39, 0.29) is 21.1 Å². The second-order valence-electron chi connectivity index (χ2n) is 3.02. The zero-order valence-corrected chi connectivity index (χ0v) is 12.4. The van der Waals surface area contributed by atoms with Gasteiger partial charge in [0.1, 0.15) is 0 Å². The molecule has 0 bridgehead atoms. The maximum Gasteiger partial charge on any atom is 2.00 e. The molecule has 0 saturated carbocycles. The summed E-state index contributed by atoms with van der Waals surface area (Å²) in [6, 6.07) is 21.1. The Morgan fingerprint density at radius 2 is 1.31 bits per heavy atom. The summed E-state index contributed by atoms with van der Waals surface area (Å²) in [5.74, 6) is 0.878. The average molecular weight is 382 g/mol. The predicted molar refractivity (Wildman–Crippen MR) is 61.8 cm³/mol. The smallest absolute Gasteiger partial charge is 0.522 e. The maximum absolute atomic E-state index is 4.89. The molecule has 0 unspecified atom stereocenters. The Bertz CT molecular complexity index is 359. The Hall–Kier alpha value is -1.07. The molecule has 82 valence electrons. The molecule has 1 nitrogen and oxygen atoms in total. The van der Waals surface area contributed by atoms with Gasteiger partial charge in [-0.15, -0.1) is 12.1 Å². The second-order valence-corrected chi connectivity index (χ2v) is 3.02. The number of hydrogen-bond donors (Lipinski definition) is 0. The van der Waals surface area contributed by atoms with Crippen LogP contribution in [0.2, 0.25) is 0 Å². The van der Waals surface area contributed by atoms with Crippen molar-refractivity contribution >= 4 is 0 Å². The van der Waals surface area contributed by atoms with Crippen molar-refractivity contribution in [3.8, 4) is 5.75 Å². The van der Waals surface area contributed by atoms with E-state index in [0.29, 0.717) is 0 Å². The SMILES string of the molecule is COc1cc[c-]cc1.Cc1cc[c-]cc1.[W+2]. The van der Waals surface area contributed by atoms with Crippen LogP contribution in [-0.4, -0.2) is 7.11 Å². The maximum atomic E-state index is 4.89. The fourth-order valence-electron chi connectivity index (χ4n) is 0.978. The van der Waals surface area contributed by atoms with Crippen LogP contribution >= 0.6 is 0 Å². The number of benzene rings is 2. The first-order valence-electron chi connectivity index (χ1n) is 4.76. The van der Waals surface area contributed by atoms with E-state index in [0.717, 1.165) is 5.75 Å². The fourth-order valence-corrected chi connectivity index (χ4v) is 0.978. The van der Waals surface area contributed by atoms with Gasteiger partial charge in [0.05, 0.1) is 7.11 Å². The van der Waals surface area contributed by atoms with E-state index in [2.05, 4.69) is 19.1 Å². The Morgan fingerprint density at radius 3 is 1.56 bits per heavy atom. The van der Waals surface area contributed by atoms with Crippen molar-refractivity contribution in [2.24, 2.45) is 0 Å². The van der Waals surface area contributed by atoms with E-state index in [1.165, 1.54) is 5.56 Å². The Kier molecular flexibility index (Phi) is 8.56. The van der Waals surface area contributed by atoms with E-state index >= 15 is 0 Å². The molecule has 0 fully saturated rings. The van der Waals surface area contributed by atoms with Crippen molar-refractivity contribution < 1.29 is 25.8 Å². The number of hydrogen-bond acceptors (Lipinski definition) is 1. The molecule has 0 radical (unpaired) electrons. The van der Waals surface area contributed by atoms with Gasteiger partial charge in [0, 0.05) is 5.75 Å². The third kappa shape index (κ3) is 6.42. The molecule has 0 aliphatic rings. The summed E-state index contributed by atoms with van der Waals surface area (Å²) in [4.78, 5) is 0. The molecule has 2 aromatic rings. The molecule has 0 saturated heterocycles. The first kappa shape index (κ1) is 14.9. The molecule has 0 amide bonds. The van der Waals surface area contributed by atoms with Gasteiger partial charge < -0.3 is 4.74 Å². The van der Waals surface area contributed by atoms with Crippen molar-refractivity contribution in [2.45, 2.75) is 6.92 Å². The number of ether oxygens (including phenoxy) is 1. The normalized spacial score (nSPS) is 8.12. The van der Waals surface area contributed by atoms with Crippen molar-refractivity contribution in [3.05, 3.63) is 66.2 Å². The number of aryl methyl sites for hydroxylation is 1. The topological polar surface area (TPSA) is 9.23 Å². The zero-order valence-electron chi connectivity index (χ0n) is 9.44. The van der Waals surface area contributed by atoms with Crippen LogP contribution in [0.5, 0.6) is 5.75 Å². The van der Waals surface area contributed by atoms with Crippen molar-refractivity contribution in [3.63, 3.8) is 0 Å². The van der Waals surface area contributed by atoms with Crippen LogP contribution in [0.25, 0.3) is 0 Å². The van der Waals surface area contributed by atoms with Crippen molar-refractivity contribution in [1.29, 1.82) is 0 Å². The van der Waals surface area contributed by atoms with Gasteiger partial charge in [-0.05, 0) is 0 Å². The molecule has 0 heterocycles. The minimum Gasteiger partial charge on any atom is -0.522 e. The summed E-state index contributed by atoms with van der Waals surface area (Å²) in [5.41, 5.74) is 1.29. The van der Waals surface area contributed by atoms with Crippen LogP contribution in [0, 0.1) is 19.1 Å². The minimum atomic E-state index is 0. The first-order chi connectivity index (χ1) is 7.33. The third-order valence-electron chi connectivity index (χ3n) is 1.81. The van der Waals surface area contributed by atoms with Crippen LogP contribution in [0.4, 0.5) is 0 Å². The quantitative estimate of drug-likeness (QED) is 0.688. The summed E-state index contributed by atoms with van der Waals surface area (Å²) in [7, 11) is 1.65. The third-order valence-corrected chi connectivity index (χ3v) is 1.81. The monoisotopic (exact) mass is 382 g/mol. The van der Waals surface area contributed by atoms with Gasteiger partial charge in [-0.2, -0.15) is 54.1 Å². The van der Waals surface area contributed by atoms with Gasteiger partial charge in [0.2, 0.25) is 0 Å². The second kappa shape index (κ2) is 9.18. The largest absolute Gasteiger partial charge is 2.00 e. The van der Waals surface area contributed by atoms with Crippen LogP contribution in [0.1, 0.15) is 5.56 Å². The summed E-state index contributed by atoms with van der Waals surface area (Å²) in [6.45, 7) is 2.06. The van der Waals surface area contributed by atoms with Crippen LogP contribution in [0.3, 0.4) is 0 Å². The molecule has 0 aliphatic heterocycles. The molecule has 2 rings (SSSR count). The molecular weight excluding hydrogens is 368 g/mol. The minimum absolute atomic E-state index is 0. The van der Waals surface area contributed by atoms with Gasteiger partial charge in [-0.25, -0.2) is 0 Å². The molecular formula is C14H14OW. The van der Waals surface area contributed by atoms with E-state index in [9.17, 15) is 0 Å². The Morgan fingerprint density at radius 1 is 0.875 bits per heavy atom. The molecule has 16 heavy (non-hydrogen) atoms. The van der Waals surface area contributed by atoms with E-state index < -0.39 is 0 Å². The molecule has 0 N–H and O–H groups in total. The van der Waals surface area contributed by atoms with Gasteiger partial charge in [-0.3, -0.25) is 0 Å². The summed E-state index contributed by atoms with van der Waals surface area (Å²) in [5, 5.41) is 0. The summed E-state index contributed by atoms with van der Waals surface area (Å²) < 4.78 is 4.89. The van der Waals surface area contributed by atoms with E-state index in [4.69, 9.17) is 4.74 Å². The van der Waals surface area contributed by atoms with Crippen molar-refractivity contribution in [1.82, 2.24) is 0 Å². The van der Waals surface area contributed by atoms with E-state index in [1.54, 1.807) is 7.11 Å². The summed E-state index contributed by atoms with van der Waals surface area (Å²) >= 11 is 0. The standard InChI is InChI=1S/C7H7O.C7H7.W/c1-8-7-5-3-2-4-6-7;1-7-5-3-2-4-6-7;/h3-6H,1H3;3-6H,1H3;/q2*-1;+2. The Balaban J connectivity index is 0.000000267. The van der Waals surface area contributed by atoms with Gasteiger partial charge in [-0.1, -0.05) is 6.92 Å². The predicted octanol–water partition coefficient (Wildman–Crippen LogP) is 3.29. The van der Waals surface area contributed by atoms with Crippen LogP contribution in [0.15, 0.2) is 48.5 Å². The molecule has 0 aromatic heterocycles. The zero-order chi connectivity index (χ0) is 10.9. The molecule has 2 heteroatoms. The molecule has 0 atom stereocenters. The molecule has 2 aromatic carbocycles. The van der Waals surface area contributed by atoms with E-state index in [1.807, 2.05) is 48.5 Å². The van der Waals surface area contributed by atoms with Gasteiger partial charge in [0.25, 0.3) is 0 Å². The van der Waals surface area contributed by atoms with Crippen LogP contribution in [-0.2, 0) is 21.1 Å². The molecule has 0 spiro atoms. The number of rotatable bonds is 1. The van der Waals surface area contributed by atoms with Gasteiger partial charge >= 0.3 is 21.1 Å². The molecule has 0 aliphatic carbocycles. The first-order valence-corrected chi connectivity index (χ1v) is 4.76. The number of methoxy groups -OCH3 is 1. The van der Waals surface area contributed by atoms with Crippen molar-refractivity contribution in [2.75, 3.05) is 7.11 Å². The Labute approximate surface area is 112 Å².